The molecule has 1 heterocycles. The number of nitrogens with one attached hydrogen (secondary N) is 2. The summed E-state index contributed by atoms with van der Waals surface area (Å²) in [6, 6.07) is 9.27. The van der Waals surface area contributed by atoms with Crippen molar-refractivity contribution in [3.8, 4) is 0 Å². The molecule has 1 saturated heterocycles. The molecule has 0 saturated carbocycles. The Morgan fingerprint density at radius 1 is 1.42 bits per heavy atom. The van der Waals surface area contributed by atoms with Crippen molar-refractivity contribution in [2.45, 2.75) is 25.2 Å². The number of hydrogen-bond donors (Lipinski definition) is 3. The Morgan fingerprint density at radius 3 is 2.84 bits per heavy atom. The van der Waals surface area contributed by atoms with Crippen molar-refractivity contribution in [2.24, 2.45) is 0 Å². The molecule has 2 rings (SSSR count). The van der Waals surface area contributed by atoms with Gasteiger partial charge in [-0.05, 0) is 18.5 Å². The van der Waals surface area contributed by atoms with Crippen LogP contribution in [-0.2, 0) is 11.3 Å². The molecule has 0 aliphatic carbocycles. The van der Waals surface area contributed by atoms with Crippen LogP contribution in [0.2, 0.25) is 0 Å². The summed E-state index contributed by atoms with van der Waals surface area (Å²) in [6.07, 6.45) is -0.324. The lowest BCUT2D eigenvalue weighted by molar-refractivity contribution is 0.0864. The Morgan fingerprint density at radius 2 is 2.16 bits per heavy atom. The monoisotopic (exact) mass is 286 g/mol. The van der Waals surface area contributed by atoms with Gasteiger partial charge < -0.3 is 20.5 Å². The fourth-order valence-electron chi connectivity index (χ4n) is 1.93. The van der Waals surface area contributed by atoms with Gasteiger partial charge in [0.05, 0.1) is 12.1 Å². The van der Waals surface area contributed by atoms with E-state index in [1.54, 1.807) is 0 Å². The van der Waals surface area contributed by atoms with Crippen molar-refractivity contribution >= 4 is 18.5 Å². The molecule has 0 radical (unpaired) electrons. The highest BCUT2D eigenvalue weighted by Gasteiger charge is 2.24. The van der Waals surface area contributed by atoms with Crippen LogP contribution in [0, 0.1) is 0 Å². The van der Waals surface area contributed by atoms with Crippen LogP contribution in [0.1, 0.15) is 12.0 Å². The van der Waals surface area contributed by atoms with Crippen LogP contribution >= 0.6 is 12.4 Å². The number of carbonyl (C=O) groups is 1. The number of carbonyl (C=O) groups excluding carboxylic acids is 1. The molecule has 1 aromatic carbocycles. The number of ether oxygens (including phenoxy) is 1. The largest absolute Gasteiger partial charge is 0.445 e. The number of benzene rings is 1. The van der Waals surface area contributed by atoms with Gasteiger partial charge in [0.2, 0.25) is 0 Å². The molecule has 6 heteroatoms. The van der Waals surface area contributed by atoms with Gasteiger partial charge in [0, 0.05) is 6.54 Å². The van der Waals surface area contributed by atoms with Crippen LogP contribution in [0.15, 0.2) is 30.3 Å². The number of aliphatic hydroxyl groups excluding tert-OH is 1. The fraction of sp³-hybridized carbons (Fsp3) is 0.462. The van der Waals surface area contributed by atoms with Gasteiger partial charge >= 0.3 is 6.09 Å². The SMILES string of the molecule is Cl.O=C(N[C@H]1CCNC[C@H]1O)OCc1ccccc1. The van der Waals surface area contributed by atoms with Crippen LogP contribution in [0.4, 0.5) is 4.79 Å². The molecule has 3 N–H and O–H groups in total. The zero-order chi connectivity index (χ0) is 12.8. The first kappa shape index (κ1) is 15.8. The standard InChI is InChI=1S/C13H18N2O3.ClH/c16-12-8-14-7-6-11(12)15-13(17)18-9-10-4-2-1-3-5-10;/h1-5,11-12,14,16H,6-9H2,(H,15,17);1H/t11-,12+;/m0./s1. The van der Waals surface area contributed by atoms with Gasteiger partial charge in [-0.3, -0.25) is 0 Å². The zero-order valence-electron chi connectivity index (χ0n) is 10.5. The summed E-state index contributed by atoms with van der Waals surface area (Å²) in [5, 5.41) is 15.4. The summed E-state index contributed by atoms with van der Waals surface area (Å²) in [4.78, 5) is 11.6. The molecule has 19 heavy (non-hydrogen) atoms. The lowest BCUT2D eigenvalue weighted by Crippen LogP contribution is -2.52. The first-order chi connectivity index (χ1) is 8.75. The van der Waals surface area contributed by atoms with E-state index in [1.165, 1.54) is 0 Å². The Labute approximate surface area is 118 Å². The minimum absolute atomic E-state index is 0. The summed E-state index contributed by atoms with van der Waals surface area (Å²) in [5.74, 6) is 0. The van der Waals surface area contributed by atoms with Gasteiger partial charge in [0.15, 0.2) is 0 Å². The second-order valence-electron chi connectivity index (χ2n) is 4.37. The van der Waals surface area contributed by atoms with Gasteiger partial charge in [0.1, 0.15) is 6.61 Å². The van der Waals surface area contributed by atoms with E-state index in [4.69, 9.17) is 4.74 Å². The quantitative estimate of drug-likeness (QED) is 0.777. The highest BCUT2D eigenvalue weighted by Crippen LogP contribution is 2.05. The van der Waals surface area contributed by atoms with Crippen molar-refractivity contribution in [1.29, 1.82) is 0 Å². The number of alkyl carbamates (subject to hydrolysis) is 1. The highest BCUT2D eigenvalue weighted by atomic mass is 35.5. The third-order valence-electron chi connectivity index (χ3n) is 2.97. The molecule has 2 atom stereocenters. The molecule has 1 aliphatic heterocycles. The van der Waals surface area contributed by atoms with Crippen LogP contribution in [-0.4, -0.2) is 36.4 Å². The minimum Gasteiger partial charge on any atom is -0.445 e. The Balaban J connectivity index is 0.00000180. The zero-order valence-corrected chi connectivity index (χ0v) is 11.4. The molecule has 1 aliphatic rings. The molecule has 0 aromatic heterocycles. The van der Waals surface area contributed by atoms with Crippen LogP contribution in [0.5, 0.6) is 0 Å². The number of halogens is 1. The first-order valence-electron chi connectivity index (χ1n) is 6.11. The molecular weight excluding hydrogens is 268 g/mol. The Kier molecular flexibility index (Phi) is 6.62. The molecule has 0 spiro atoms. The molecule has 0 unspecified atom stereocenters. The molecule has 0 bridgehead atoms. The van der Waals surface area contributed by atoms with Gasteiger partial charge in [-0.2, -0.15) is 0 Å². The predicted octanol–water partition coefficient (Wildman–Crippen LogP) is 1.06. The fourth-order valence-corrected chi connectivity index (χ4v) is 1.93. The number of β-amino-alcohol motifs (C(OH)–C–C–N with tert-alkyl or cyclic N) is 1. The maximum atomic E-state index is 11.6. The third kappa shape index (κ3) is 5.06. The molecule has 1 amide bonds. The number of piperidine rings is 1. The lowest BCUT2D eigenvalue weighted by Gasteiger charge is -2.28. The Hall–Kier alpha value is -1.30. The summed E-state index contributed by atoms with van der Waals surface area (Å²) >= 11 is 0. The molecular formula is C13H19ClN2O3. The van der Waals surface area contributed by atoms with Gasteiger partial charge in [-0.15, -0.1) is 12.4 Å². The Bertz CT molecular complexity index is 389. The third-order valence-corrected chi connectivity index (χ3v) is 2.97. The summed E-state index contributed by atoms with van der Waals surface area (Å²) in [7, 11) is 0. The molecule has 5 nitrogen and oxygen atoms in total. The minimum atomic E-state index is -0.553. The summed E-state index contributed by atoms with van der Waals surface area (Å²) < 4.78 is 5.10. The van der Waals surface area contributed by atoms with Crippen molar-refractivity contribution in [1.82, 2.24) is 10.6 Å². The van der Waals surface area contributed by atoms with E-state index >= 15 is 0 Å². The van der Waals surface area contributed by atoms with E-state index in [2.05, 4.69) is 10.6 Å². The van der Waals surface area contributed by atoms with Crippen LogP contribution in [0.25, 0.3) is 0 Å². The molecule has 1 aromatic rings. The number of hydrogen-bond acceptors (Lipinski definition) is 4. The van der Waals surface area contributed by atoms with Crippen molar-refractivity contribution in [3.05, 3.63) is 35.9 Å². The van der Waals surface area contributed by atoms with E-state index in [0.29, 0.717) is 13.0 Å². The summed E-state index contributed by atoms with van der Waals surface area (Å²) in [6.45, 7) is 1.54. The topological polar surface area (TPSA) is 70.6 Å². The van der Waals surface area contributed by atoms with Crippen LogP contribution < -0.4 is 10.6 Å². The van der Waals surface area contributed by atoms with Gasteiger partial charge in [-0.25, -0.2) is 4.79 Å². The van der Waals surface area contributed by atoms with E-state index in [0.717, 1.165) is 12.1 Å². The van der Waals surface area contributed by atoms with E-state index in [1.807, 2.05) is 30.3 Å². The van der Waals surface area contributed by atoms with Crippen molar-refractivity contribution in [2.75, 3.05) is 13.1 Å². The second kappa shape index (κ2) is 7.99. The normalized spacial score (nSPS) is 22.2. The average molecular weight is 287 g/mol. The average Bonchev–Trinajstić information content (AvgIpc) is 2.40. The number of aliphatic hydroxyl groups is 1. The molecule has 1 fully saturated rings. The van der Waals surface area contributed by atoms with E-state index < -0.39 is 12.2 Å². The van der Waals surface area contributed by atoms with Crippen molar-refractivity contribution < 1.29 is 14.6 Å². The smallest absolute Gasteiger partial charge is 0.407 e. The first-order valence-corrected chi connectivity index (χ1v) is 6.11. The summed E-state index contributed by atoms with van der Waals surface area (Å²) in [5.41, 5.74) is 0.943. The maximum absolute atomic E-state index is 11.6. The maximum Gasteiger partial charge on any atom is 0.407 e. The van der Waals surface area contributed by atoms with Crippen LogP contribution in [0.3, 0.4) is 0 Å². The number of rotatable bonds is 3. The van der Waals surface area contributed by atoms with E-state index in [-0.39, 0.29) is 25.1 Å². The van der Waals surface area contributed by atoms with Crippen molar-refractivity contribution in [3.63, 3.8) is 0 Å². The number of amides is 1. The van der Waals surface area contributed by atoms with E-state index in [9.17, 15) is 9.90 Å². The highest BCUT2D eigenvalue weighted by molar-refractivity contribution is 5.85. The molecule has 106 valence electrons. The van der Waals surface area contributed by atoms with Gasteiger partial charge in [0.25, 0.3) is 0 Å². The van der Waals surface area contributed by atoms with Gasteiger partial charge in [-0.1, -0.05) is 30.3 Å². The lowest BCUT2D eigenvalue weighted by atomic mass is 10.0. The second-order valence-corrected chi connectivity index (χ2v) is 4.37. The predicted molar refractivity (Wildman–Crippen MR) is 74.3 cm³/mol.